The van der Waals surface area contributed by atoms with E-state index in [1.807, 2.05) is 0 Å². The van der Waals surface area contributed by atoms with Gasteiger partial charge in [-0.05, 0) is 44.9 Å². The number of aliphatic hydroxyl groups excluding tert-OH is 1. The molecule has 0 aliphatic rings. The third kappa shape index (κ3) is 33.7. The Hall–Kier alpha value is -1.51. The molecular formula is C35H66NO8P. The summed E-state index contributed by atoms with van der Waals surface area (Å²) in [6.07, 6.45) is 31.2. The van der Waals surface area contributed by atoms with Crippen LogP contribution in [0.1, 0.15) is 155 Å². The van der Waals surface area contributed by atoms with Gasteiger partial charge in [0.15, 0.2) is 0 Å². The zero-order chi connectivity index (χ0) is 33.3. The minimum absolute atomic E-state index is 0.0754. The van der Waals surface area contributed by atoms with Crippen LogP contribution in [0.4, 0.5) is 0 Å². The maximum atomic E-state index is 12.0. The zero-order valence-corrected chi connectivity index (χ0v) is 29.5. The van der Waals surface area contributed by atoms with Crippen LogP contribution in [0.25, 0.3) is 0 Å². The molecule has 0 aromatic heterocycles. The van der Waals surface area contributed by atoms with Gasteiger partial charge in [0, 0.05) is 19.4 Å². The van der Waals surface area contributed by atoms with Crippen LogP contribution in [0.2, 0.25) is 0 Å². The molecule has 0 aliphatic heterocycles. The highest BCUT2D eigenvalue weighted by molar-refractivity contribution is 7.47. The molecule has 9 nitrogen and oxygen atoms in total. The van der Waals surface area contributed by atoms with Gasteiger partial charge in [-0.3, -0.25) is 18.6 Å². The lowest BCUT2D eigenvalue weighted by molar-refractivity contribution is -0.147. The molecule has 0 rings (SSSR count). The van der Waals surface area contributed by atoms with Crippen molar-refractivity contribution in [2.75, 3.05) is 26.4 Å². The number of hydrogen-bond donors (Lipinski definition) is 3. The van der Waals surface area contributed by atoms with Crippen molar-refractivity contribution >= 4 is 19.7 Å². The molecule has 2 atom stereocenters. The number of phosphoric acid groups is 1. The molecule has 0 spiro atoms. The fraction of sp³-hybridized carbons (Fsp3) is 0.829. The van der Waals surface area contributed by atoms with Crippen molar-refractivity contribution < 1.29 is 37.9 Å². The number of carbonyl (C=O) groups excluding carboxylic acids is 2. The number of phosphoric ester groups is 1. The summed E-state index contributed by atoms with van der Waals surface area (Å²) in [5.74, 6) is -0.535. The molecule has 0 bridgehead atoms. The van der Waals surface area contributed by atoms with E-state index in [-0.39, 0.29) is 32.1 Å². The van der Waals surface area contributed by atoms with E-state index in [2.05, 4.69) is 43.5 Å². The van der Waals surface area contributed by atoms with E-state index in [0.29, 0.717) is 6.42 Å². The van der Waals surface area contributed by atoms with Crippen molar-refractivity contribution in [3.63, 3.8) is 0 Å². The van der Waals surface area contributed by atoms with E-state index in [4.69, 9.17) is 13.8 Å². The van der Waals surface area contributed by atoms with E-state index in [1.165, 1.54) is 64.2 Å². The summed E-state index contributed by atoms with van der Waals surface area (Å²) in [5.41, 5.74) is 0. The van der Waals surface area contributed by atoms with Gasteiger partial charge in [-0.2, -0.15) is 0 Å². The van der Waals surface area contributed by atoms with Crippen LogP contribution in [-0.4, -0.2) is 54.3 Å². The van der Waals surface area contributed by atoms with Crippen LogP contribution in [0, 0.1) is 0 Å². The summed E-state index contributed by atoms with van der Waals surface area (Å²) < 4.78 is 26.6. The number of rotatable bonds is 33. The molecule has 0 radical (unpaired) electrons. The Morgan fingerprint density at radius 1 is 0.689 bits per heavy atom. The second-order valence-electron chi connectivity index (χ2n) is 11.8. The molecule has 45 heavy (non-hydrogen) atoms. The van der Waals surface area contributed by atoms with Gasteiger partial charge in [0.1, 0.15) is 12.7 Å². The van der Waals surface area contributed by atoms with Gasteiger partial charge >= 0.3 is 13.8 Å². The first-order valence-corrected chi connectivity index (χ1v) is 19.3. The van der Waals surface area contributed by atoms with Crippen LogP contribution >= 0.6 is 7.82 Å². The fourth-order valence-corrected chi connectivity index (χ4v) is 5.40. The molecule has 264 valence electrons. The Bertz CT molecular complexity index is 805. The first-order valence-electron chi connectivity index (χ1n) is 17.8. The van der Waals surface area contributed by atoms with Crippen LogP contribution in [0.15, 0.2) is 24.3 Å². The molecule has 0 aliphatic carbocycles. The lowest BCUT2D eigenvalue weighted by atomic mass is 10.1. The Morgan fingerprint density at radius 2 is 1.20 bits per heavy atom. The molecular weight excluding hydrogens is 593 g/mol. The van der Waals surface area contributed by atoms with Gasteiger partial charge in [-0.1, -0.05) is 122 Å². The van der Waals surface area contributed by atoms with Crippen molar-refractivity contribution in [1.29, 1.82) is 0 Å². The van der Waals surface area contributed by atoms with Crippen LogP contribution in [0.3, 0.4) is 0 Å². The quantitative estimate of drug-likeness (QED) is 0.0276. The van der Waals surface area contributed by atoms with E-state index in [1.54, 1.807) is 0 Å². The number of amides is 1. The Morgan fingerprint density at radius 3 is 1.80 bits per heavy atom. The number of aliphatic hydroxyl groups is 1. The number of allylic oxidation sites excluding steroid dienone is 4. The number of ether oxygens (including phenoxy) is 1. The molecule has 0 aromatic carbocycles. The highest BCUT2D eigenvalue weighted by atomic mass is 31.2. The molecule has 1 amide bonds. The van der Waals surface area contributed by atoms with Gasteiger partial charge in [0.05, 0.1) is 13.2 Å². The van der Waals surface area contributed by atoms with Gasteiger partial charge in [-0.15, -0.1) is 0 Å². The monoisotopic (exact) mass is 659 g/mol. The number of carbonyl (C=O) groups is 2. The number of unbranched alkanes of at least 4 members (excludes halogenated alkanes) is 16. The normalized spacial score (nSPS) is 13.8. The van der Waals surface area contributed by atoms with Crippen molar-refractivity contribution in [2.45, 2.75) is 161 Å². The topological polar surface area (TPSA) is 131 Å². The lowest BCUT2D eigenvalue weighted by Gasteiger charge is -2.15. The average molecular weight is 660 g/mol. The van der Waals surface area contributed by atoms with Gasteiger partial charge in [-0.25, -0.2) is 4.57 Å². The maximum Gasteiger partial charge on any atom is 0.472 e. The lowest BCUT2D eigenvalue weighted by Crippen LogP contribution is -2.27. The summed E-state index contributed by atoms with van der Waals surface area (Å²) in [6, 6.07) is 0. The minimum atomic E-state index is -4.40. The first-order chi connectivity index (χ1) is 21.8. The van der Waals surface area contributed by atoms with Crippen LogP contribution in [-0.2, 0) is 27.9 Å². The van der Waals surface area contributed by atoms with Crippen molar-refractivity contribution in [2.24, 2.45) is 0 Å². The predicted octanol–water partition coefficient (Wildman–Crippen LogP) is 8.87. The highest BCUT2D eigenvalue weighted by Crippen LogP contribution is 2.42. The second-order valence-corrected chi connectivity index (χ2v) is 13.3. The number of nitrogens with one attached hydrogen (secondary N) is 1. The third-order valence-corrected chi connectivity index (χ3v) is 8.37. The van der Waals surface area contributed by atoms with E-state index < -0.39 is 26.5 Å². The standard InChI is InChI=1S/C35H66NO8P/c1-3-5-7-9-11-13-14-15-16-17-18-19-20-21-23-25-27-34(38)36-29-30-43-45(40,41)44-32-33(37)31-42-35(39)28-26-24-22-12-10-8-6-4-2/h13-14,16-17,33,37H,3-12,15,18-32H2,1-2H3,(H,36,38)(H,40,41)/b14-13-,17-16-. The summed E-state index contributed by atoms with van der Waals surface area (Å²) in [5, 5.41) is 12.6. The molecule has 0 heterocycles. The van der Waals surface area contributed by atoms with Gasteiger partial charge in [0.2, 0.25) is 5.91 Å². The highest BCUT2D eigenvalue weighted by Gasteiger charge is 2.23. The number of esters is 1. The molecule has 0 fully saturated rings. The zero-order valence-electron chi connectivity index (χ0n) is 28.6. The van der Waals surface area contributed by atoms with E-state index in [9.17, 15) is 24.2 Å². The summed E-state index contributed by atoms with van der Waals surface area (Å²) in [7, 11) is -4.40. The first kappa shape index (κ1) is 43.5. The van der Waals surface area contributed by atoms with Gasteiger partial charge < -0.3 is 20.1 Å². The summed E-state index contributed by atoms with van der Waals surface area (Å²) in [4.78, 5) is 33.6. The van der Waals surface area contributed by atoms with Crippen molar-refractivity contribution in [3.8, 4) is 0 Å². The molecule has 10 heteroatoms. The Balaban J connectivity index is 3.65. The SMILES string of the molecule is CCCCCC/C=C\C/C=C\CCCCCCCC(=O)NCCOP(=O)(O)OCC(O)COC(=O)CCCCCCCCCC. The van der Waals surface area contributed by atoms with E-state index in [0.717, 1.165) is 64.2 Å². The molecule has 0 saturated heterocycles. The number of hydrogen-bond acceptors (Lipinski definition) is 7. The largest absolute Gasteiger partial charge is 0.472 e. The summed E-state index contributed by atoms with van der Waals surface area (Å²) >= 11 is 0. The molecule has 0 saturated carbocycles. The van der Waals surface area contributed by atoms with E-state index >= 15 is 0 Å². The average Bonchev–Trinajstić information content (AvgIpc) is 3.02. The fourth-order valence-electron chi connectivity index (χ4n) is 4.64. The van der Waals surface area contributed by atoms with Crippen molar-refractivity contribution in [1.82, 2.24) is 5.32 Å². The second kappa shape index (κ2) is 32.4. The minimum Gasteiger partial charge on any atom is -0.463 e. The smallest absolute Gasteiger partial charge is 0.463 e. The molecule has 0 aromatic rings. The predicted molar refractivity (Wildman–Crippen MR) is 183 cm³/mol. The van der Waals surface area contributed by atoms with Gasteiger partial charge in [0.25, 0.3) is 0 Å². The van der Waals surface area contributed by atoms with Crippen LogP contribution in [0.5, 0.6) is 0 Å². The van der Waals surface area contributed by atoms with Crippen LogP contribution < -0.4 is 5.32 Å². The summed E-state index contributed by atoms with van der Waals surface area (Å²) in [6.45, 7) is 3.46. The molecule has 2 unspecified atom stereocenters. The Kier molecular flexibility index (Phi) is 31.3. The Labute approximate surface area is 274 Å². The third-order valence-electron chi connectivity index (χ3n) is 7.38. The molecule has 3 N–H and O–H groups in total. The van der Waals surface area contributed by atoms with Crippen molar-refractivity contribution in [3.05, 3.63) is 24.3 Å². The maximum absolute atomic E-state index is 12.0.